The average molecular weight is 223 g/mol. The highest BCUT2D eigenvalue weighted by molar-refractivity contribution is 6.30. The Morgan fingerprint density at radius 3 is 2.60 bits per heavy atom. The van der Waals surface area contributed by atoms with E-state index in [9.17, 15) is 0 Å². The standard InChI is InChI=1S/C11H11ClN2O/c1-2-14-8-11(7-13-14)15-10-5-3-9(12)4-6-10/h3-8H,2H2,1H3. The molecule has 0 fully saturated rings. The van der Waals surface area contributed by atoms with Gasteiger partial charge in [-0.05, 0) is 31.2 Å². The average Bonchev–Trinajstić information content (AvgIpc) is 2.69. The van der Waals surface area contributed by atoms with Crippen LogP contribution in [0, 0.1) is 0 Å². The Bertz CT molecular complexity index is 436. The molecule has 78 valence electrons. The van der Waals surface area contributed by atoms with Gasteiger partial charge in [0.1, 0.15) is 5.75 Å². The van der Waals surface area contributed by atoms with E-state index in [0.29, 0.717) is 5.02 Å². The zero-order chi connectivity index (χ0) is 10.7. The first-order chi connectivity index (χ1) is 7.28. The third kappa shape index (κ3) is 2.50. The largest absolute Gasteiger partial charge is 0.454 e. The molecule has 0 atom stereocenters. The minimum absolute atomic E-state index is 0.701. The van der Waals surface area contributed by atoms with E-state index in [-0.39, 0.29) is 0 Å². The fourth-order valence-electron chi connectivity index (χ4n) is 1.21. The van der Waals surface area contributed by atoms with Gasteiger partial charge in [-0.2, -0.15) is 5.10 Å². The number of nitrogens with zero attached hydrogens (tertiary/aromatic N) is 2. The Morgan fingerprint density at radius 1 is 1.27 bits per heavy atom. The Labute approximate surface area is 93.2 Å². The zero-order valence-corrected chi connectivity index (χ0v) is 9.11. The van der Waals surface area contributed by atoms with Gasteiger partial charge in [-0.15, -0.1) is 0 Å². The highest BCUT2D eigenvalue weighted by atomic mass is 35.5. The van der Waals surface area contributed by atoms with Crippen LogP contribution in [0.4, 0.5) is 0 Å². The van der Waals surface area contributed by atoms with Gasteiger partial charge in [0.2, 0.25) is 0 Å². The third-order valence-corrected chi connectivity index (χ3v) is 2.23. The number of benzene rings is 1. The summed E-state index contributed by atoms with van der Waals surface area (Å²) >= 11 is 5.77. The second-order valence-electron chi connectivity index (χ2n) is 3.09. The second-order valence-corrected chi connectivity index (χ2v) is 3.52. The summed E-state index contributed by atoms with van der Waals surface area (Å²) in [6.07, 6.45) is 3.55. The molecule has 3 nitrogen and oxygen atoms in total. The molecular weight excluding hydrogens is 212 g/mol. The molecule has 0 spiro atoms. The van der Waals surface area contributed by atoms with Crippen molar-refractivity contribution < 1.29 is 4.74 Å². The van der Waals surface area contributed by atoms with Crippen molar-refractivity contribution in [1.29, 1.82) is 0 Å². The number of ether oxygens (including phenoxy) is 1. The summed E-state index contributed by atoms with van der Waals surface area (Å²) in [5, 5.41) is 4.81. The third-order valence-electron chi connectivity index (χ3n) is 1.98. The predicted molar refractivity (Wildman–Crippen MR) is 59.4 cm³/mol. The maximum atomic E-state index is 5.77. The molecule has 0 radical (unpaired) electrons. The summed E-state index contributed by atoms with van der Waals surface area (Å²) in [5.41, 5.74) is 0. The molecule has 0 aliphatic rings. The second kappa shape index (κ2) is 4.36. The van der Waals surface area contributed by atoms with E-state index in [1.807, 2.05) is 29.9 Å². The van der Waals surface area contributed by atoms with Gasteiger partial charge >= 0.3 is 0 Å². The Balaban J connectivity index is 2.11. The lowest BCUT2D eigenvalue weighted by molar-refractivity contribution is 0.481. The van der Waals surface area contributed by atoms with Crippen LogP contribution in [0.15, 0.2) is 36.7 Å². The molecule has 0 N–H and O–H groups in total. The summed E-state index contributed by atoms with van der Waals surface area (Å²) in [5.74, 6) is 1.49. The first kappa shape index (κ1) is 10.1. The van der Waals surface area contributed by atoms with Crippen LogP contribution >= 0.6 is 11.6 Å². The molecular formula is C11H11ClN2O. The lowest BCUT2D eigenvalue weighted by Crippen LogP contribution is -1.92. The van der Waals surface area contributed by atoms with Crippen LogP contribution in [-0.4, -0.2) is 9.78 Å². The lowest BCUT2D eigenvalue weighted by Gasteiger charge is -2.01. The molecule has 0 bridgehead atoms. The summed E-state index contributed by atoms with van der Waals surface area (Å²) in [7, 11) is 0. The summed E-state index contributed by atoms with van der Waals surface area (Å²) in [6, 6.07) is 7.24. The molecule has 0 aliphatic carbocycles. The van der Waals surface area contributed by atoms with Crippen LogP contribution in [0.2, 0.25) is 5.02 Å². The van der Waals surface area contributed by atoms with Crippen LogP contribution in [-0.2, 0) is 6.54 Å². The van der Waals surface area contributed by atoms with Crippen LogP contribution in [0.3, 0.4) is 0 Å². The van der Waals surface area contributed by atoms with Crippen molar-refractivity contribution in [2.24, 2.45) is 0 Å². The van der Waals surface area contributed by atoms with Gasteiger partial charge in [-0.1, -0.05) is 11.6 Å². The van der Waals surface area contributed by atoms with Crippen molar-refractivity contribution in [2.45, 2.75) is 13.5 Å². The molecule has 0 saturated carbocycles. The molecule has 4 heteroatoms. The number of rotatable bonds is 3. The number of aryl methyl sites for hydroxylation is 1. The van der Waals surface area contributed by atoms with Gasteiger partial charge in [-0.25, -0.2) is 0 Å². The minimum atomic E-state index is 0.701. The SMILES string of the molecule is CCn1cc(Oc2ccc(Cl)cc2)cn1. The fourth-order valence-corrected chi connectivity index (χ4v) is 1.33. The molecule has 0 aliphatic heterocycles. The summed E-state index contributed by atoms with van der Waals surface area (Å²) < 4.78 is 7.38. The van der Waals surface area contributed by atoms with Gasteiger partial charge in [0.15, 0.2) is 5.75 Å². The maximum absolute atomic E-state index is 5.77. The summed E-state index contributed by atoms with van der Waals surface area (Å²) in [6.45, 7) is 2.86. The van der Waals surface area contributed by atoms with Crippen molar-refractivity contribution in [1.82, 2.24) is 9.78 Å². The molecule has 1 aromatic carbocycles. The molecule has 15 heavy (non-hydrogen) atoms. The zero-order valence-electron chi connectivity index (χ0n) is 8.35. The van der Waals surface area contributed by atoms with E-state index in [0.717, 1.165) is 18.0 Å². The fraction of sp³-hybridized carbons (Fsp3) is 0.182. The molecule has 1 aromatic heterocycles. The molecule has 1 heterocycles. The first-order valence-corrected chi connectivity index (χ1v) is 5.11. The van der Waals surface area contributed by atoms with E-state index >= 15 is 0 Å². The first-order valence-electron chi connectivity index (χ1n) is 4.74. The van der Waals surface area contributed by atoms with E-state index in [2.05, 4.69) is 5.10 Å². The van der Waals surface area contributed by atoms with Crippen molar-refractivity contribution in [2.75, 3.05) is 0 Å². The predicted octanol–water partition coefficient (Wildman–Crippen LogP) is 3.35. The van der Waals surface area contributed by atoms with Gasteiger partial charge in [0.05, 0.1) is 12.4 Å². The minimum Gasteiger partial charge on any atom is -0.454 e. The normalized spacial score (nSPS) is 10.3. The van der Waals surface area contributed by atoms with E-state index in [1.54, 1.807) is 18.3 Å². The molecule has 0 amide bonds. The Hall–Kier alpha value is -1.48. The van der Waals surface area contributed by atoms with Crippen molar-refractivity contribution in [3.8, 4) is 11.5 Å². The highest BCUT2D eigenvalue weighted by Crippen LogP contribution is 2.22. The van der Waals surface area contributed by atoms with E-state index in [4.69, 9.17) is 16.3 Å². The highest BCUT2D eigenvalue weighted by Gasteiger charge is 1.99. The number of aromatic nitrogens is 2. The maximum Gasteiger partial charge on any atom is 0.165 e. The van der Waals surface area contributed by atoms with Crippen molar-refractivity contribution in [3.63, 3.8) is 0 Å². The smallest absolute Gasteiger partial charge is 0.165 e. The van der Waals surface area contributed by atoms with Crippen LogP contribution < -0.4 is 4.74 Å². The molecule has 2 rings (SSSR count). The summed E-state index contributed by atoms with van der Waals surface area (Å²) in [4.78, 5) is 0. The Morgan fingerprint density at radius 2 is 2.00 bits per heavy atom. The number of halogens is 1. The topological polar surface area (TPSA) is 27.1 Å². The van der Waals surface area contributed by atoms with E-state index < -0.39 is 0 Å². The van der Waals surface area contributed by atoms with Crippen LogP contribution in [0.25, 0.3) is 0 Å². The Kier molecular flexibility index (Phi) is 2.92. The molecule has 0 saturated heterocycles. The monoisotopic (exact) mass is 222 g/mol. The van der Waals surface area contributed by atoms with Gasteiger partial charge in [0.25, 0.3) is 0 Å². The van der Waals surface area contributed by atoms with Gasteiger partial charge < -0.3 is 4.74 Å². The quantitative estimate of drug-likeness (QED) is 0.797. The van der Waals surface area contributed by atoms with E-state index in [1.165, 1.54) is 0 Å². The van der Waals surface area contributed by atoms with Crippen molar-refractivity contribution in [3.05, 3.63) is 41.7 Å². The molecule has 0 unspecified atom stereocenters. The van der Waals surface area contributed by atoms with Crippen LogP contribution in [0.5, 0.6) is 11.5 Å². The lowest BCUT2D eigenvalue weighted by atomic mass is 10.3. The number of hydrogen-bond acceptors (Lipinski definition) is 2. The van der Waals surface area contributed by atoms with Crippen molar-refractivity contribution >= 4 is 11.6 Å². The van der Waals surface area contributed by atoms with Crippen LogP contribution in [0.1, 0.15) is 6.92 Å². The van der Waals surface area contributed by atoms with Gasteiger partial charge in [-0.3, -0.25) is 4.68 Å². The molecule has 2 aromatic rings. The van der Waals surface area contributed by atoms with Gasteiger partial charge in [0, 0.05) is 11.6 Å². The number of hydrogen-bond donors (Lipinski definition) is 0.